The molecular formula is C34H50N4. The average Bonchev–Trinajstić information content (AvgIpc) is 3.41. The van der Waals surface area contributed by atoms with E-state index >= 15 is 0 Å². The molecule has 0 fully saturated rings. The van der Waals surface area contributed by atoms with Gasteiger partial charge in [-0.3, -0.25) is 9.98 Å². The van der Waals surface area contributed by atoms with Gasteiger partial charge < -0.3 is 9.80 Å². The van der Waals surface area contributed by atoms with Crippen LogP contribution in [0.3, 0.4) is 0 Å². The van der Waals surface area contributed by atoms with E-state index < -0.39 is 0 Å². The molecule has 0 N–H and O–H groups in total. The van der Waals surface area contributed by atoms with E-state index in [1.165, 1.54) is 22.5 Å². The molecule has 0 spiro atoms. The second-order valence-corrected chi connectivity index (χ2v) is 14.3. The van der Waals surface area contributed by atoms with Crippen LogP contribution in [-0.2, 0) is 10.8 Å². The van der Waals surface area contributed by atoms with Crippen LogP contribution < -0.4 is 9.80 Å². The standard InChI is InChI=1S/C34H50N4/c1-23(2)19-27-21-37(29-15-11-25(12-16-29)33(5,6)7)31(35-27)32-36-28(20-24(3)4)22-38(32)30-17-13-26(14-18-30)34(8,9)10/h11-18,23-24,27-28H,19-22H2,1-10H3/t27-,28+. The minimum absolute atomic E-state index is 0.135. The van der Waals surface area contributed by atoms with Gasteiger partial charge >= 0.3 is 0 Å². The first-order chi connectivity index (χ1) is 17.7. The summed E-state index contributed by atoms with van der Waals surface area (Å²) in [7, 11) is 0. The summed E-state index contributed by atoms with van der Waals surface area (Å²) in [5.41, 5.74) is 5.40. The number of benzene rings is 2. The van der Waals surface area contributed by atoms with E-state index in [0.29, 0.717) is 11.8 Å². The summed E-state index contributed by atoms with van der Waals surface area (Å²) in [6.45, 7) is 24.6. The quantitative estimate of drug-likeness (QED) is 0.372. The number of hydrogen-bond acceptors (Lipinski definition) is 4. The Morgan fingerprint density at radius 3 is 1.18 bits per heavy atom. The van der Waals surface area contributed by atoms with E-state index in [2.05, 4.69) is 128 Å². The van der Waals surface area contributed by atoms with Crippen LogP contribution in [0.25, 0.3) is 0 Å². The zero-order valence-corrected chi connectivity index (χ0v) is 25.5. The van der Waals surface area contributed by atoms with Crippen molar-refractivity contribution in [2.24, 2.45) is 21.8 Å². The molecule has 4 nitrogen and oxygen atoms in total. The van der Waals surface area contributed by atoms with E-state index in [0.717, 1.165) is 37.6 Å². The largest absolute Gasteiger partial charge is 0.321 e. The molecule has 0 radical (unpaired) electrons. The number of anilines is 2. The van der Waals surface area contributed by atoms with Gasteiger partial charge in [-0.2, -0.15) is 0 Å². The van der Waals surface area contributed by atoms with Crippen LogP contribution in [0.5, 0.6) is 0 Å². The maximum atomic E-state index is 5.36. The van der Waals surface area contributed by atoms with Crippen LogP contribution in [0.1, 0.15) is 93.2 Å². The van der Waals surface area contributed by atoms with Gasteiger partial charge in [0.2, 0.25) is 0 Å². The molecule has 2 aromatic rings. The lowest BCUT2D eigenvalue weighted by Gasteiger charge is -2.28. The molecule has 0 amide bonds. The highest BCUT2D eigenvalue weighted by atomic mass is 15.4. The van der Waals surface area contributed by atoms with Crippen LogP contribution in [0, 0.1) is 11.8 Å². The Morgan fingerprint density at radius 2 is 0.921 bits per heavy atom. The van der Waals surface area contributed by atoms with Gasteiger partial charge in [0.05, 0.1) is 12.1 Å². The number of aliphatic imine (C=N–C) groups is 2. The molecule has 2 aliphatic rings. The summed E-state index contributed by atoms with van der Waals surface area (Å²) in [4.78, 5) is 15.6. The first-order valence-electron chi connectivity index (χ1n) is 14.6. The van der Waals surface area contributed by atoms with Crippen molar-refractivity contribution in [1.82, 2.24) is 0 Å². The molecule has 2 aliphatic heterocycles. The second-order valence-electron chi connectivity index (χ2n) is 14.3. The van der Waals surface area contributed by atoms with Gasteiger partial charge in [-0.25, -0.2) is 0 Å². The van der Waals surface area contributed by atoms with Crippen molar-refractivity contribution >= 4 is 23.0 Å². The van der Waals surface area contributed by atoms with E-state index in [4.69, 9.17) is 9.98 Å². The smallest absolute Gasteiger partial charge is 0.172 e. The third-order valence-electron chi connectivity index (χ3n) is 7.68. The predicted molar refractivity (Wildman–Crippen MR) is 166 cm³/mol. The molecule has 206 valence electrons. The maximum Gasteiger partial charge on any atom is 0.172 e. The Balaban J connectivity index is 1.73. The van der Waals surface area contributed by atoms with E-state index in [-0.39, 0.29) is 22.9 Å². The monoisotopic (exact) mass is 514 g/mol. The zero-order valence-electron chi connectivity index (χ0n) is 25.5. The average molecular weight is 515 g/mol. The predicted octanol–water partition coefficient (Wildman–Crippen LogP) is 8.25. The Labute approximate surface area is 232 Å². The molecule has 0 aliphatic carbocycles. The van der Waals surface area contributed by atoms with E-state index in [1.807, 2.05) is 0 Å². The molecule has 0 bridgehead atoms. The zero-order chi connectivity index (χ0) is 27.8. The molecular weight excluding hydrogens is 464 g/mol. The van der Waals surface area contributed by atoms with Gasteiger partial charge in [0, 0.05) is 24.5 Å². The molecule has 0 aromatic heterocycles. The highest BCUT2D eigenvalue weighted by Gasteiger charge is 2.37. The lowest BCUT2D eigenvalue weighted by Crippen LogP contribution is -2.42. The SMILES string of the molecule is CC(C)C[C@@H]1CN(c2ccc(C(C)(C)C)cc2)C(C2=N[C@@H](CC(C)C)CN2c2ccc(C(C)(C)C)cc2)=N1. The number of amidine groups is 2. The van der Waals surface area contributed by atoms with Crippen molar-refractivity contribution < 1.29 is 0 Å². The fourth-order valence-electron chi connectivity index (χ4n) is 5.60. The number of rotatable bonds is 7. The minimum Gasteiger partial charge on any atom is -0.321 e. The summed E-state index contributed by atoms with van der Waals surface area (Å²) in [6, 6.07) is 18.8. The summed E-state index contributed by atoms with van der Waals surface area (Å²) in [5, 5.41) is 0. The summed E-state index contributed by atoms with van der Waals surface area (Å²) >= 11 is 0. The van der Waals surface area contributed by atoms with Crippen molar-refractivity contribution in [2.45, 2.75) is 105 Å². The molecule has 2 atom stereocenters. The van der Waals surface area contributed by atoms with Crippen LogP contribution in [-0.4, -0.2) is 36.8 Å². The molecule has 0 unspecified atom stereocenters. The summed E-state index contributed by atoms with van der Waals surface area (Å²) in [6.07, 6.45) is 2.17. The van der Waals surface area contributed by atoms with E-state index in [1.54, 1.807) is 0 Å². The molecule has 2 aromatic carbocycles. The summed E-state index contributed by atoms with van der Waals surface area (Å²) < 4.78 is 0. The molecule has 0 saturated heterocycles. The van der Waals surface area contributed by atoms with Crippen molar-refractivity contribution in [1.29, 1.82) is 0 Å². The molecule has 38 heavy (non-hydrogen) atoms. The van der Waals surface area contributed by atoms with Crippen LogP contribution in [0.15, 0.2) is 58.5 Å². The van der Waals surface area contributed by atoms with Gasteiger partial charge in [0.15, 0.2) is 11.7 Å². The van der Waals surface area contributed by atoms with Crippen LogP contribution in [0.4, 0.5) is 11.4 Å². The second kappa shape index (κ2) is 10.9. The Hall–Kier alpha value is -2.62. The molecule has 0 saturated carbocycles. The lowest BCUT2D eigenvalue weighted by molar-refractivity contribution is 0.514. The summed E-state index contributed by atoms with van der Waals surface area (Å²) in [5.74, 6) is 3.28. The Bertz CT molecular complexity index is 1050. The third-order valence-corrected chi connectivity index (χ3v) is 7.68. The normalized spacial score (nSPS) is 20.5. The van der Waals surface area contributed by atoms with Crippen molar-refractivity contribution in [3.05, 3.63) is 59.7 Å². The fourth-order valence-corrected chi connectivity index (χ4v) is 5.60. The maximum absolute atomic E-state index is 5.36. The number of hydrogen-bond donors (Lipinski definition) is 0. The van der Waals surface area contributed by atoms with Crippen LogP contribution >= 0.6 is 0 Å². The van der Waals surface area contributed by atoms with Gasteiger partial charge in [0.25, 0.3) is 0 Å². The Kier molecular flexibility index (Phi) is 8.12. The Morgan fingerprint density at radius 1 is 0.605 bits per heavy atom. The fraction of sp³-hybridized carbons (Fsp3) is 0.588. The minimum atomic E-state index is 0.135. The van der Waals surface area contributed by atoms with E-state index in [9.17, 15) is 0 Å². The highest BCUT2D eigenvalue weighted by Crippen LogP contribution is 2.32. The van der Waals surface area contributed by atoms with Crippen molar-refractivity contribution in [3.63, 3.8) is 0 Å². The lowest BCUT2D eigenvalue weighted by atomic mass is 9.87. The van der Waals surface area contributed by atoms with Gasteiger partial charge in [-0.1, -0.05) is 93.5 Å². The molecule has 4 heteroatoms. The third kappa shape index (κ3) is 6.50. The van der Waals surface area contributed by atoms with Crippen molar-refractivity contribution in [2.75, 3.05) is 22.9 Å². The van der Waals surface area contributed by atoms with Gasteiger partial charge in [0.1, 0.15) is 0 Å². The number of nitrogens with zero attached hydrogens (tertiary/aromatic N) is 4. The van der Waals surface area contributed by atoms with Gasteiger partial charge in [-0.05, 0) is 70.9 Å². The van der Waals surface area contributed by atoms with Crippen LogP contribution in [0.2, 0.25) is 0 Å². The topological polar surface area (TPSA) is 31.2 Å². The highest BCUT2D eigenvalue weighted by molar-refractivity contribution is 6.50. The first kappa shape index (κ1) is 28.4. The van der Waals surface area contributed by atoms with Crippen molar-refractivity contribution in [3.8, 4) is 0 Å². The first-order valence-corrected chi connectivity index (χ1v) is 14.6. The molecule has 4 rings (SSSR count). The molecule has 2 heterocycles. The van der Waals surface area contributed by atoms with Gasteiger partial charge in [-0.15, -0.1) is 0 Å².